The van der Waals surface area contributed by atoms with Gasteiger partial charge in [0.05, 0.1) is 5.69 Å². The smallest absolute Gasteiger partial charge is 0.342 e. The lowest BCUT2D eigenvalue weighted by Crippen LogP contribution is -2.22. The maximum atomic E-state index is 12.0. The molecule has 3 aromatic heterocycles. The minimum atomic E-state index is -1.28. The summed E-state index contributed by atoms with van der Waals surface area (Å²) in [4.78, 5) is 31.6. The fourth-order valence-electron chi connectivity index (χ4n) is 2.15. The molecule has 0 aliphatic carbocycles. The molecule has 0 saturated heterocycles. The lowest BCUT2D eigenvalue weighted by atomic mass is 10.2. The second kappa shape index (κ2) is 6.37. The molecule has 0 aliphatic rings. The normalized spacial score (nSPS) is 11.6. The molecular weight excluding hydrogens is 326 g/mol. The van der Waals surface area contributed by atoms with Crippen molar-refractivity contribution < 1.29 is 9.90 Å². The molecule has 0 bridgehead atoms. The summed E-state index contributed by atoms with van der Waals surface area (Å²) in [5.41, 5.74) is 1.37. The zero-order valence-corrected chi connectivity index (χ0v) is 13.9. The number of hydrogen-bond acceptors (Lipinski definition) is 5. The molecule has 24 heavy (non-hydrogen) atoms. The highest BCUT2D eigenvalue weighted by Gasteiger charge is 2.11. The van der Waals surface area contributed by atoms with Gasteiger partial charge in [-0.3, -0.25) is 9.20 Å². The number of nitrogens with zero attached hydrogens (tertiary/aromatic N) is 3. The Morgan fingerprint density at radius 1 is 1.38 bits per heavy atom. The molecule has 3 aromatic rings. The van der Waals surface area contributed by atoms with E-state index in [1.807, 2.05) is 17.5 Å². The van der Waals surface area contributed by atoms with Gasteiger partial charge in [0.25, 0.3) is 5.56 Å². The van der Waals surface area contributed by atoms with Crippen molar-refractivity contribution in [1.82, 2.24) is 14.4 Å². The van der Waals surface area contributed by atoms with E-state index in [9.17, 15) is 9.59 Å². The van der Waals surface area contributed by atoms with Crippen LogP contribution in [0.2, 0.25) is 0 Å². The van der Waals surface area contributed by atoms with E-state index in [1.165, 1.54) is 10.6 Å². The van der Waals surface area contributed by atoms with E-state index in [-0.39, 0.29) is 5.56 Å². The summed E-state index contributed by atoms with van der Waals surface area (Å²) in [6.07, 6.45) is 6.41. The number of rotatable bonds is 4. The highest BCUT2D eigenvalue weighted by Crippen LogP contribution is 2.19. The second-order valence-electron chi connectivity index (χ2n) is 5.57. The zero-order chi connectivity index (χ0) is 17.3. The van der Waals surface area contributed by atoms with Gasteiger partial charge >= 0.3 is 5.97 Å². The third-order valence-corrected chi connectivity index (χ3v) is 4.34. The molecule has 0 amide bonds. The molecule has 1 N–H and O–H groups in total. The fraction of sp³-hybridized carbons (Fsp3) is 0.176. The van der Waals surface area contributed by atoms with E-state index in [4.69, 9.17) is 5.11 Å². The summed E-state index contributed by atoms with van der Waals surface area (Å²) in [7, 11) is 0. The molecular formula is C17H15N3O3S. The van der Waals surface area contributed by atoms with Crippen LogP contribution in [-0.4, -0.2) is 25.4 Å². The van der Waals surface area contributed by atoms with Crippen LogP contribution in [0.1, 0.15) is 46.4 Å². The van der Waals surface area contributed by atoms with Crippen LogP contribution in [0.4, 0.5) is 0 Å². The molecule has 0 aliphatic heterocycles. The first kappa shape index (κ1) is 16.1. The first-order valence-corrected chi connectivity index (χ1v) is 8.22. The Kier molecular flexibility index (Phi) is 4.26. The lowest BCUT2D eigenvalue weighted by molar-refractivity contribution is 0.0694. The van der Waals surface area contributed by atoms with Gasteiger partial charge in [-0.15, -0.1) is 11.3 Å². The average Bonchev–Trinajstić information content (AvgIpc) is 3.02. The third kappa shape index (κ3) is 3.11. The number of carboxylic acid groups (broad SMARTS) is 1. The van der Waals surface area contributed by atoms with Crippen molar-refractivity contribution in [2.75, 3.05) is 0 Å². The maximum absolute atomic E-state index is 12.0. The first-order chi connectivity index (χ1) is 11.5. The van der Waals surface area contributed by atoms with Crippen molar-refractivity contribution >= 4 is 35.1 Å². The van der Waals surface area contributed by atoms with Crippen LogP contribution in [0.25, 0.3) is 17.8 Å². The molecule has 3 heterocycles. The number of pyridine rings is 1. The number of carboxylic acids is 1. The quantitative estimate of drug-likeness (QED) is 0.788. The molecule has 0 aromatic carbocycles. The molecule has 0 radical (unpaired) electrons. The Hall–Kier alpha value is -2.80. The summed E-state index contributed by atoms with van der Waals surface area (Å²) in [5.74, 6) is -0.890. The molecule has 0 saturated carbocycles. The van der Waals surface area contributed by atoms with Gasteiger partial charge in [-0.25, -0.2) is 14.8 Å². The van der Waals surface area contributed by atoms with Gasteiger partial charge in [0.1, 0.15) is 16.2 Å². The Morgan fingerprint density at radius 2 is 2.17 bits per heavy atom. The largest absolute Gasteiger partial charge is 0.477 e. The highest BCUT2D eigenvalue weighted by atomic mass is 32.1. The molecule has 7 heteroatoms. The van der Waals surface area contributed by atoms with Crippen LogP contribution in [0.15, 0.2) is 34.7 Å². The van der Waals surface area contributed by atoms with Gasteiger partial charge in [0.15, 0.2) is 0 Å². The van der Waals surface area contributed by atoms with Crippen molar-refractivity contribution in [3.63, 3.8) is 0 Å². The first-order valence-electron chi connectivity index (χ1n) is 7.34. The van der Waals surface area contributed by atoms with Crippen molar-refractivity contribution in [3.05, 3.63) is 62.1 Å². The molecule has 6 nitrogen and oxygen atoms in total. The van der Waals surface area contributed by atoms with Crippen LogP contribution in [0.5, 0.6) is 0 Å². The molecule has 122 valence electrons. The highest BCUT2D eigenvalue weighted by molar-refractivity contribution is 7.10. The second-order valence-corrected chi connectivity index (χ2v) is 6.46. The Labute approximate surface area is 141 Å². The van der Waals surface area contributed by atoms with Crippen molar-refractivity contribution in [2.24, 2.45) is 0 Å². The van der Waals surface area contributed by atoms with Crippen LogP contribution in [0.3, 0.4) is 0 Å². The fourth-order valence-corrected chi connectivity index (χ4v) is 3.02. The predicted octanol–water partition coefficient (Wildman–Crippen LogP) is 3.14. The van der Waals surface area contributed by atoms with E-state index < -0.39 is 11.5 Å². The number of carbonyl (C=O) groups is 1. The molecule has 0 unspecified atom stereocenters. The molecule has 0 spiro atoms. The topological polar surface area (TPSA) is 84.6 Å². The molecule has 3 rings (SSSR count). The maximum Gasteiger partial charge on any atom is 0.342 e. The standard InChI is InChI=1S/C17H15N3O3S/c1-10(2)13-9-24-15(19-13)4-3-11-5-6-20-14(7-11)18-8-12(16(20)21)17(22)23/h3-10H,1-2H3,(H,22,23)/b4-3+. The Morgan fingerprint density at radius 3 is 2.83 bits per heavy atom. The van der Waals surface area contributed by atoms with E-state index >= 15 is 0 Å². The van der Waals surface area contributed by atoms with Gasteiger partial charge < -0.3 is 5.11 Å². The van der Waals surface area contributed by atoms with E-state index in [0.29, 0.717) is 11.6 Å². The number of thiazole rings is 1. The predicted molar refractivity (Wildman–Crippen MR) is 93.6 cm³/mol. The Balaban J connectivity index is 1.93. The number of aromatic carboxylic acids is 1. The van der Waals surface area contributed by atoms with E-state index in [0.717, 1.165) is 22.5 Å². The van der Waals surface area contributed by atoms with Crippen molar-refractivity contribution in [3.8, 4) is 0 Å². The SMILES string of the molecule is CC(C)c1csc(/C=C/c2ccn3c(=O)c(C(=O)O)cnc3c2)n1. The van der Waals surface area contributed by atoms with Crippen molar-refractivity contribution in [2.45, 2.75) is 19.8 Å². The average molecular weight is 341 g/mol. The summed E-state index contributed by atoms with van der Waals surface area (Å²) >= 11 is 1.57. The van der Waals surface area contributed by atoms with Crippen LogP contribution in [0, 0.1) is 0 Å². The molecule has 0 fully saturated rings. The minimum absolute atomic E-state index is 0.347. The zero-order valence-electron chi connectivity index (χ0n) is 13.1. The molecule has 0 atom stereocenters. The summed E-state index contributed by atoms with van der Waals surface area (Å²) in [5, 5.41) is 11.9. The van der Waals surface area contributed by atoms with Crippen LogP contribution < -0.4 is 5.56 Å². The van der Waals surface area contributed by atoms with Gasteiger partial charge in [0, 0.05) is 17.8 Å². The Bertz CT molecular complexity index is 1000. The van der Waals surface area contributed by atoms with Crippen molar-refractivity contribution in [1.29, 1.82) is 0 Å². The van der Waals surface area contributed by atoms with Crippen LogP contribution in [-0.2, 0) is 0 Å². The lowest BCUT2D eigenvalue weighted by Gasteiger charge is -2.02. The number of hydrogen-bond donors (Lipinski definition) is 1. The monoisotopic (exact) mass is 341 g/mol. The van der Waals surface area contributed by atoms with Crippen LogP contribution >= 0.6 is 11.3 Å². The minimum Gasteiger partial charge on any atom is -0.477 e. The number of fused-ring (bicyclic) bond motifs is 1. The number of aromatic nitrogens is 3. The summed E-state index contributed by atoms with van der Waals surface area (Å²) < 4.78 is 1.22. The van der Waals surface area contributed by atoms with Gasteiger partial charge in [-0.2, -0.15) is 0 Å². The van der Waals surface area contributed by atoms with E-state index in [1.54, 1.807) is 23.5 Å². The van der Waals surface area contributed by atoms with Gasteiger partial charge in [-0.1, -0.05) is 19.9 Å². The third-order valence-electron chi connectivity index (χ3n) is 3.51. The van der Waals surface area contributed by atoms with Gasteiger partial charge in [0.2, 0.25) is 0 Å². The summed E-state index contributed by atoms with van der Waals surface area (Å²) in [6.45, 7) is 4.20. The van der Waals surface area contributed by atoms with E-state index in [2.05, 4.69) is 23.8 Å². The summed E-state index contributed by atoms with van der Waals surface area (Å²) in [6, 6.07) is 3.45. The van der Waals surface area contributed by atoms with Gasteiger partial charge in [-0.05, 0) is 29.7 Å².